The molecule has 0 saturated heterocycles. The summed E-state index contributed by atoms with van der Waals surface area (Å²) in [5, 5.41) is 14.4. The van der Waals surface area contributed by atoms with Crippen molar-refractivity contribution in [3.05, 3.63) is 40.8 Å². The number of methoxy groups -OCH3 is 1. The van der Waals surface area contributed by atoms with Crippen molar-refractivity contribution in [3.63, 3.8) is 0 Å². The van der Waals surface area contributed by atoms with Crippen molar-refractivity contribution in [2.24, 2.45) is 0 Å². The van der Waals surface area contributed by atoms with Crippen LogP contribution in [0.5, 0.6) is 5.88 Å². The molecule has 0 fully saturated rings. The van der Waals surface area contributed by atoms with Gasteiger partial charge in [0.1, 0.15) is 12.4 Å². The molecular formula is C9H8N4O3. The Balaban J connectivity index is 2.38. The minimum absolute atomic E-state index is 0.0595. The predicted octanol–water partition coefficient (Wildman–Crippen LogP) is 1.18. The van der Waals surface area contributed by atoms with Crippen LogP contribution < -0.4 is 4.74 Å². The molecule has 16 heavy (non-hydrogen) atoms. The summed E-state index contributed by atoms with van der Waals surface area (Å²) in [5.74, 6) is 0.427. The van der Waals surface area contributed by atoms with E-state index in [0.29, 0.717) is 11.6 Å². The zero-order valence-electron chi connectivity index (χ0n) is 8.40. The number of aromatic nitrogens is 3. The summed E-state index contributed by atoms with van der Waals surface area (Å²) < 4.78 is 6.34. The van der Waals surface area contributed by atoms with Gasteiger partial charge in [0.2, 0.25) is 5.88 Å². The maximum Gasteiger partial charge on any atom is 0.307 e. The van der Waals surface area contributed by atoms with Crippen LogP contribution in [0.25, 0.3) is 5.69 Å². The number of ether oxygens (including phenoxy) is 1. The van der Waals surface area contributed by atoms with Crippen molar-refractivity contribution < 1.29 is 9.66 Å². The van der Waals surface area contributed by atoms with E-state index in [1.54, 1.807) is 18.3 Å². The van der Waals surface area contributed by atoms with E-state index in [9.17, 15) is 10.1 Å². The Morgan fingerprint density at radius 3 is 3.00 bits per heavy atom. The molecule has 2 aromatic heterocycles. The van der Waals surface area contributed by atoms with Gasteiger partial charge < -0.3 is 4.74 Å². The molecule has 0 unspecified atom stereocenters. The molecule has 0 aliphatic heterocycles. The Bertz CT molecular complexity index is 523. The van der Waals surface area contributed by atoms with E-state index in [1.165, 1.54) is 24.2 Å². The second-order valence-corrected chi connectivity index (χ2v) is 2.96. The summed E-state index contributed by atoms with van der Waals surface area (Å²) in [5.41, 5.74) is 0.593. The Hall–Kier alpha value is -2.44. The van der Waals surface area contributed by atoms with E-state index in [4.69, 9.17) is 4.74 Å². The van der Waals surface area contributed by atoms with Crippen LogP contribution in [-0.4, -0.2) is 26.8 Å². The summed E-state index contributed by atoms with van der Waals surface area (Å²) in [6, 6.07) is 3.32. The molecule has 0 saturated carbocycles. The molecule has 0 aliphatic carbocycles. The summed E-state index contributed by atoms with van der Waals surface area (Å²) in [7, 11) is 1.50. The van der Waals surface area contributed by atoms with Crippen LogP contribution >= 0.6 is 0 Å². The van der Waals surface area contributed by atoms with Gasteiger partial charge in [-0.1, -0.05) is 0 Å². The molecule has 0 aromatic carbocycles. The molecule has 0 radical (unpaired) electrons. The van der Waals surface area contributed by atoms with Crippen LogP contribution in [0.2, 0.25) is 0 Å². The fraction of sp³-hybridized carbons (Fsp3) is 0.111. The van der Waals surface area contributed by atoms with E-state index in [0.717, 1.165) is 0 Å². The number of rotatable bonds is 3. The lowest BCUT2D eigenvalue weighted by Gasteiger charge is -2.02. The lowest BCUT2D eigenvalue weighted by molar-refractivity contribution is -0.384. The molecule has 0 amide bonds. The monoisotopic (exact) mass is 220 g/mol. The van der Waals surface area contributed by atoms with Gasteiger partial charge in [0.05, 0.1) is 17.7 Å². The van der Waals surface area contributed by atoms with E-state index >= 15 is 0 Å². The fourth-order valence-corrected chi connectivity index (χ4v) is 1.20. The van der Waals surface area contributed by atoms with Crippen LogP contribution in [0.15, 0.2) is 30.7 Å². The van der Waals surface area contributed by atoms with Gasteiger partial charge in [-0.15, -0.1) is 0 Å². The highest BCUT2D eigenvalue weighted by Gasteiger charge is 2.10. The smallest absolute Gasteiger partial charge is 0.307 e. The molecule has 7 nitrogen and oxygen atoms in total. The van der Waals surface area contributed by atoms with E-state index in [2.05, 4.69) is 10.1 Å². The maximum atomic E-state index is 10.5. The first-order valence-electron chi connectivity index (χ1n) is 4.40. The van der Waals surface area contributed by atoms with E-state index in [-0.39, 0.29) is 5.69 Å². The van der Waals surface area contributed by atoms with Crippen molar-refractivity contribution in [3.8, 4) is 11.6 Å². The minimum Gasteiger partial charge on any atom is -0.481 e. The molecule has 0 bridgehead atoms. The molecule has 0 atom stereocenters. The molecule has 2 rings (SSSR count). The highest BCUT2D eigenvalue weighted by atomic mass is 16.6. The highest BCUT2D eigenvalue weighted by Crippen LogP contribution is 2.16. The standard InChI is InChI=1S/C9H8N4O3/c1-16-9-4-7(2-3-10-9)12-6-8(5-11-12)13(14)15/h2-6H,1H3. The van der Waals surface area contributed by atoms with Crippen LogP contribution in [0, 0.1) is 10.1 Å². The van der Waals surface area contributed by atoms with Gasteiger partial charge >= 0.3 is 5.69 Å². The Morgan fingerprint density at radius 2 is 2.38 bits per heavy atom. The average Bonchev–Trinajstić information content (AvgIpc) is 2.78. The topological polar surface area (TPSA) is 83.1 Å². The van der Waals surface area contributed by atoms with Gasteiger partial charge in [0, 0.05) is 12.3 Å². The van der Waals surface area contributed by atoms with Gasteiger partial charge in [0.15, 0.2) is 0 Å². The first-order chi connectivity index (χ1) is 7.70. The number of nitro groups is 1. The average molecular weight is 220 g/mol. The zero-order valence-corrected chi connectivity index (χ0v) is 8.40. The van der Waals surface area contributed by atoms with E-state index in [1.807, 2.05) is 0 Å². The number of hydrogen-bond acceptors (Lipinski definition) is 5. The lowest BCUT2D eigenvalue weighted by atomic mass is 10.4. The molecule has 0 spiro atoms. The van der Waals surface area contributed by atoms with Gasteiger partial charge in [-0.2, -0.15) is 5.10 Å². The summed E-state index contributed by atoms with van der Waals surface area (Å²) in [4.78, 5) is 13.9. The van der Waals surface area contributed by atoms with Crippen molar-refractivity contribution in [2.75, 3.05) is 7.11 Å². The van der Waals surface area contributed by atoms with Gasteiger partial charge in [-0.3, -0.25) is 10.1 Å². The van der Waals surface area contributed by atoms with Gasteiger partial charge in [-0.25, -0.2) is 9.67 Å². The van der Waals surface area contributed by atoms with Crippen molar-refractivity contribution in [1.29, 1.82) is 0 Å². The van der Waals surface area contributed by atoms with Crippen molar-refractivity contribution >= 4 is 5.69 Å². The molecule has 0 N–H and O–H groups in total. The first-order valence-corrected chi connectivity index (χ1v) is 4.40. The number of hydrogen-bond donors (Lipinski definition) is 0. The Kier molecular flexibility index (Phi) is 2.50. The quantitative estimate of drug-likeness (QED) is 0.573. The Morgan fingerprint density at radius 1 is 1.56 bits per heavy atom. The number of pyridine rings is 1. The third-order valence-electron chi connectivity index (χ3n) is 1.97. The van der Waals surface area contributed by atoms with Crippen molar-refractivity contribution in [2.45, 2.75) is 0 Å². The molecule has 2 aromatic rings. The largest absolute Gasteiger partial charge is 0.481 e. The van der Waals surface area contributed by atoms with Crippen LogP contribution in [0.4, 0.5) is 5.69 Å². The molecule has 7 heteroatoms. The molecular weight excluding hydrogens is 212 g/mol. The third kappa shape index (κ3) is 1.83. The molecule has 0 aliphatic rings. The van der Waals surface area contributed by atoms with Gasteiger partial charge in [-0.05, 0) is 6.07 Å². The second-order valence-electron chi connectivity index (χ2n) is 2.96. The second kappa shape index (κ2) is 3.97. The minimum atomic E-state index is -0.498. The number of nitrogens with zero attached hydrogens (tertiary/aromatic N) is 4. The Labute approximate surface area is 90.4 Å². The predicted molar refractivity (Wildman–Crippen MR) is 54.6 cm³/mol. The maximum absolute atomic E-state index is 10.5. The first kappa shape index (κ1) is 10.1. The summed E-state index contributed by atoms with van der Waals surface area (Å²) in [6.07, 6.45) is 4.06. The fourth-order valence-electron chi connectivity index (χ4n) is 1.20. The van der Waals surface area contributed by atoms with Gasteiger partial charge in [0.25, 0.3) is 0 Å². The molecule has 82 valence electrons. The summed E-state index contributed by atoms with van der Waals surface area (Å²) >= 11 is 0. The molecule has 2 heterocycles. The van der Waals surface area contributed by atoms with Crippen LogP contribution in [-0.2, 0) is 0 Å². The normalized spacial score (nSPS) is 10.1. The zero-order chi connectivity index (χ0) is 11.5. The lowest BCUT2D eigenvalue weighted by Crippen LogP contribution is -1.96. The van der Waals surface area contributed by atoms with Crippen LogP contribution in [0.3, 0.4) is 0 Å². The highest BCUT2D eigenvalue weighted by molar-refractivity contribution is 5.36. The van der Waals surface area contributed by atoms with E-state index < -0.39 is 4.92 Å². The third-order valence-corrected chi connectivity index (χ3v) is 1.97. The van der Waals surface area contributed by atoms with Crippen LogP contribution in [0.1, 0.15) is 0 Å². The SMILES string of the molecule is COc1cc(-n2cc([N+](=O)[O-])cn2)ccn1. The van der Waals surface area contributed by atoms with Crippen molar-refractivity contribution in [1.82, 2.24) is 14.8 Å². The summed E-state index contributed by atoms with van der Waals surface area (Å²) in [6.45, 7) is 0.